The van der Waals surface area contributed by atoms with Gasteiger partial charge in [0.2, 0.25) is 5.91 Å². The van der Waals surface area contributed by atoms with Gasteiger partial charge in [-0.15, -0.1) is 0 Å². The summed E-state index contributed by atoms with van der Waals surface area (Å²) in [7, 11) is 0. The van der Waals surface area contributed by atoms with Crippen molar-refractivity contribution in [1.82, 2.24) is 10.2 Å². The van der Waals surface area contributed by atoms with Gasteiger partial charge >= 0.3 is 0 Å². The van der Waals surface area contributed by atoms with Crippen LogP contribution in [0.4, 0.5) is 0 Å². The highest BCUT2D eigenvalue weighted by atomic mass is 16.3. The monoisotopic (exact) mass is 333 g/mol. The number of amides is 1. The summed E-state index contributed by atoms with van der Waals surface area (Å²) in [6.45, 7) is 7.37. The number of hydrogen-bond acceptors (Lipinski definition) is 4. The highest BCUT2D eigenvalue weighted by Gasteiger charge is 2.19. The average Bonchev–Trinajstić information content (AvgIpc) is 2.61. The Hall–Kier alpha value is -1.43. The van der Waals surface area contributed by atoms with Crippen molar-refractivity contribution in [3.8, 4) is 0 Å². The summed E-state index contributed by atoms with van der Waals surface area (Å²) in [5.41, 5.74) is 8.28. The lowest BCUT2D eigenvalue weighted by Gasteiger charge is -2.29. The molecule has 1 aliphatic heterocycles. The average molecular weight is 333 g/mol. The number of carbonyl (C=O) groups excluding carboxylic acids is 1. The SMILES string of the molecule is CCC(C)C(N)C(=O)NCc1ccc(CN2CCC(O)CC2)cc1. The van der Waals surface area contributed by atoms with Gasteiger partial charge < -0.3 is 16.2 Å². The van der Waals surface area contributed by atoms with Crippen LogP contribution in [0.5, 0.6) is 0 Å². The van der Waals surface area contributed by atoms with Gasteiger partial charge in [0.1, 0.15) is 0 Å². The van der Waals surface area contributed by atoms with E-state index in [-0.39, 0.29) is 17.9 Å². The van der Waals surface area contributed by atoms with Crippen LogP contribution in [0.25, 0.3) is 0 Å². The molecule has 0 aromatic heterocycles. The van der Waals surface area contributed by atoms with E-state index in [1.807, 2.05) is 13.8 Å². The molecule has 1 aromatic carbocycles. The molecule has 0 bridgehead atoms. The smallest absolute Gasteiger partial charge is 0.237 e. The fourth-order valence-electron chi connectivity index (χ4n) is 2.92. The van der Waals surface area contributed by atoms with Crippen LogP contribution >= 0.6 is 0 Å². The third-order valence-electron chi connectivity index (χ3n) is 5.01. The fourth-order valence-corrected chi connectivity index (χ4v) is 2.92. The molecule has 1 saturated heterocycles. The third kappa shape index (κ3) is 5.58. The first-order valence-electron chi connectivity index (χ1n) is 9.01. The van der Waals surface area contributed by atoms with Crippen molar-refractivity contribution in [1.29, 1.82) is 0 Å². The minimum atomic E-state index is -0.441. The van der Waals surface area contributed by atoms with E-state index in [9.17, 15) is 9.90 Å². The van der Waals surface area contributed by atoms with Crippen molar-refractivity contribution < 1.29 is 9.90 Å². The predicted molar refractivity (Wildman–Crippen MR) is 96.2 cm³/mol. The second-order valence-corrected chi connectivity index (χ2v) is 6.95. The number of nitrogens with two attached hydrogens (primary N) is 1. The van der Waals surface area contributed by atoms with Gasteiger partial charge in [0, 0.05) is 26.2 Å². The normalized spacial score (nSPS) is 19.0. The highest BCUT2D eigenvalue weighted by Crippen LogP contribution is 2.14. The molecule has 5 heteroatoms. The lowest BCUT2D eigenvalue weighted by Crippen LogP contribution is -2.44. The van der Waals surface area contributed by atoms with Gasteiger partial charge in [-0.3, -0.25) is 9.69 Å². The van der Waals surface area contributed by atoms with Crippen LogP contribution in [-0.2, 0) is 17.9 Å². The molecule has 1 heterocycles. The van der Waals surface area contributed by atoms with E-state index in [4.69, 9.17) is 5.73 Å². The van der Waals surface area contributed by atoms with Gasteiger partial charge in [0.25, 0.3) is 0 Å². The number of nitrogens with zero attached hydrogens (tertiary/aromatic N) is 1. The van der Waals surface area contributed by atoms with E-state index in [2.05, 4.69) is 34.5 Å². The molecular formula is C19H31N3O2. The molecule has 1 aromatic rings. The summed E-state index contributed by atoms with van der Waals surface area (Å²) in [6.07, 6.45) is 2.49. The summed E-state index contributed by atoms with van der Waals surface area (Å²) < 4.78 is 0. The third-order valence-corrected chi connectivity index (χ3v) is 5.01. The van der Waals surface area contributed by atoms with Gasteiger partial charge in [-0.05, 0) is 29.9 Å². The summed E-state index contributed by atoms with van der Waals surface area (Å²) in [4.78, 5) is 14.4. The molecule has 24 heavy (non-hydrogen) atoms. The number of piperidine rings is 1. The predicted octanol–water partition coefficient (Wildman–Crippen LogP) is 1.63. The van der Waals surface area contributed by atoms with Crippen molar-refractivity contribution in [2.45, 2.75) is 58.3 Å². The first-order chi connectivity index (χ1) is 11.5. The Labute approximate surface area is 145 Å². The van der Waals surface area contributed by atoms with Crippen LogP contribution in [0.15, 0.2) is 24.3 Å². The van der Waals surface area contributed by atoms with Crippen molar-refractivity contribution >= 4 is 5.91 Å². The zero-order valence-electron chi connectivity index (χ0n) is 14.9. The van der Waals surface area contributed by atoms with Crippen LogP contribution in [0, 0.1) is 5.92 Å². The number of carbonyl (C=O) groups is 1. The molecule has 1 fully saturated rings. The largest absolute Gasteiger partial charge is 0.393 e. The van der Waals surface area contributed by atoms with Crippen LogP contribution in [0.2, 0.25) is 0 Å². The Morgan fingerprint density at radius 2 is 1.88 bits per heavy atom. The fraction of sp³-hybridized carbons (Fsp3) is 0.632. The zero-order valence-corrected chi connectivity index (χ0v) is 14.9. The van der Waals surface area contributed by atoms with Crippen molar-refractivity contribution in [2.24, 2.45) is 11.7 Å². The van der Waals surface area contributed by atoms with E-state index in [0.29, 0.717) is 6.54 Å². The molecule has 0 aliphatic carbocycles. The summed E-state index contributed by atoms with van der Waals surface area (Å²) in [6, 6.07) is 7.90. The first-order valence-corrected chi connectivity index (χ1v) is 9.01. The van der Waals surface area contributed by atoms with Gasteiger partial charge in [-0.1, -0.05) is 44.5 Å². The van der Waals surface area contributed by atoms with Crippen molar-refractivity contribution in [3.05, 3.63) is 35.4 Å². The Morgan fingerprint density at radius 1 is 1.29 bits per heavy atom. The lowest BCUT2D eigenvalue weighted by molar-refractivity contribution is -0.123. The summed E-state index contributed by atoms with van der Waals surface area (Å²) >= 11 is 0. The standard InChI is InChI=1S/C19H31N3O2/c1-3-14(2)18(20)19(24)21-12-15-4-6-16(7-5-15)13-22-10-8-17(23)9-11-22/h4-7,14,17-18,23H,3,8-13,20H2,1-2H3,(H,21,24). The van der Waals surface area contributed by atoms with Crippen LogP contribution in [0.3, 0.4) is 0 Å². The highest BCUT2D eigenvalue weighted by molar-refractivity contribution is 5.81. The van der Waals surface area contributed by atoms with E-state index >= 15 is 0 Å². The van der Waals surface area contributed by atoms with Crippen molar-refractivity contribution in [2.75, 3.05) is 13.1 Å². The molecule has 134 valence electrons. The number of hydrogen-bond donors (Lipinski definition) is 3. The number of aliphatic hydroxyl groups is 1. The molecule has 2 rings (SSSR count). The molecule has 1 aliphatic rings. The minimum absolute atomic E-state index is 0.0831. The number of rotatable bonds is 7. The van der Waals surface area contributed by atoms with Crippen LogP contribution in [0.1, 0.15) is 44.2 Å². The topological polar surface area (TPSA) is 78.6 Å². The van der Waals surface area contributed by atoms with Crippen LogP contribution in [-0.4, -0.2) is 41.1 Å². The lowest BCUT2D eigenvalue weighted by atomic mass is 9.99. The van der Waals surface area contributed by atoms with Gasteiger partial charge in [0.05, 0.1) is 12.1 Å². The van der Waals surface area contributed by atoms with E-state index in [0.717, 1.165) is 44.5 Å². The number of nitrogens with one attached hydrogen (secondary N) is 1. The van der Waals surface area contributed by atoms with Crippen LogP contribution < -0.4 is 11.1 Å². The van der Waals surface area contributed by atoms with Gasteiger partial charge in [-0.25, -0.2) is 0 Å². The molecule has 4 N–H and O–H groups in total. The maximum atomic E-state index is 12.0. The number of aliphatic hydroxyl groups excluding tert-OH is 1. The second-order valence-electron chi connectivity index (χ2n) is 6.95. The molecule has 2 unspecified atom stereocenters. The number of benzene rings is 1. The first kappa shape index (κ1) is 18.9. The Bertz CT molecular complexity index is 510. The molecule has 0 saturated carbocycles. The van der Waals surface area contributed by atoms with Gasteiger partial charge in [0.15, 0.2) is 0 Å². The zero-order chi connectivity index (χ0) is 17.5. The molecule has 2 atom stereocenters. The second kappa shape index (κ2) is 9.16. The Morgan fingerprint density at radius 3 is 2.46 bits per heavy atom. The number of likely N-dealkylation sites (tertiary alicyclic amines) is 1. The van der Waals surface area contributed by atoms with Gasteiger partial charge in [-0.2, -0.15) is 0 Å². The molecular weight excluding hydrogens is 302 g/mol. The summed E-state index contributed by atoms with van der Waals surface area (Å²) in [5.74, 6) is 0.107. The minimum Gasteiger partial charge on any atom is -0.393 e. The molecule has 0 radical (unpaired) electrons. The Balaban J connectivity index is 1.78. The van der Waals surface area contributed by atoms with E-state index < -0.39 is 6.04 Å². The quantitative estimate of drug-likeness (QED) is 0.709. The van der Waals surface area contributed by atoms with E-state index in [1.54, 1.807) is 0 Å². The van der Waals surface area contributed by atoms with Crippen molar-refractivity contribution in [3.63, 3.8) is 0 Å². The molecule has 5 nitrogen and oxygen atoms in total. The summed E-state index contributed by atoms with van der Waals surface area (Å²) in [5, 5.41) is 12.5. The Kier molecular flexibility index (Phi) is 7.21. The maximum Gasteiger partial charge on any atom is 0.237 e. The maximum absolute atomic E-state index is 12.0. The van der Waals surface area contributed by atoms with E-state index in [1.165, 1.54) is 5.56 Å². The molecule has 0 spiro atoms. The molecule has 1 amide bonds.